The summed E-state index contributed by atoms with van der Waals surface area (Å²) < 4.78 is 93.4. The molecule has 0 saturated heterocycles. The molecule has 0 aliphatic carbocycles. The summed E-state index contributed by atoms with van der Waals surface area (Å²) in [7, 11) is -6.00. The van der Waals surface area contributed by atoms with Crippen LogP contribution in [0.25, 0.3) is 0 Å². The molecule has 12 nitrogen and oxygen atoms in total. The highest BCUT2D eigenvalue weighted by Crippen LogP contribution is 2.36. The standard InChI is InChI=1S/C33H39O9S.C2H3F3O3S/c1-31(2,3)40-28(34)37-22-13-10-16-25(19-22)43(26-17-11-14-23(20-26)38-29(35)41-32(4,5)6)27-18-12-15-24(21-27)39-30(36)42-33(7,8)9;3-2(4,5)1-9(6,7)8/h10-21H,1-9H3;1H2,(H,6,7,8)/q+1;/p-1. The van der Waals surface area contributed by atoms with Crippen LogP contribution in [-0.4, -0.2) is 60.2 Å². The second-order valence-electron chi connectivity index (χ2n) is 13.7. The summed E-state index contributed by atoms with van der Waals surface area (Å²) in [6.07, 6.45) is -7.40. The minimum atomic E-state index is -5.16. The summed E-state index contributed by atoms with van der Waals surface area (Å²) in [5.41, 5.74) is -2.16. The molecular formula is C35H41F3O12S2. The molecule has 0 heterocycles. The van der Waals surface area contributed by atoms with Gasteiger partial charge >= 0.3 is 24.6 Å². The monoisotopic (exact) mass is 774 g/mol. The van der Waals surface area contributed by atoms with E-state index in [1.165, 1.54) is 0 Å². The number of rotatable bonds is 7. The zero-order valence-corrected chi connectivity index (χ0v) is 31.6. The molecule has 0 aliphatic rings. The summed E-state index contributed by atoms with van der Waals surface area (Å²) >= 11 is 0. The summed E-state index contributed by atoms with van der Waals surface area (Å²) in [5.74, 6) is -1.44. The van der Waals surface area contributed by atoms with E-state index in [0.29, 0.717) is 0 Å². The predicted molar refractivity (Wildman–Crippen MR) is 183 cm³/mol. The predicted octanol–water partition coefficient (Wildman–Crippen LogP) is 8.82. The van der Waals surface area contributed by atoms with Gasteiger partial charge in [-0.3, -0.25) is 0 Å². The second-order valence-corrected chi connectivity index (χ2v) is 17.2. The van der Waals surface area contributed by atoms with Gasteiger partial charge in [0, 0.05) is 18.2 Å². The van der Waals surface area contributed by atoms with Gasteiger partial charge in [-0.1, -0.05) is 18.2 Å². The molecule has 0 spiro atoms. The molecule has 0 atom stereocenters. The van der Waals surface area contributed by atoms with Crippen LogP contribution >= 0.6 is 0 Å². The minimum absolute atomic E-state index is 0.284. The average Bonchev–Trinajstić information content (AvgIpc) is 2.89. The van der Waals surface area contributed by atoms with Gasteiger partial charge in [0.25, 0.3) is 0 Å². The maximum Gasteiger partial charge on any atom is 0.514 e. The molecule has 17 heteroatoms. The number of ether oxygens (including phenoxy) is 6. The Morgan fingerprint density at radius 1 is 0.577 bits per heavy atom. The highest BCUT2D eigenvalue weighted by atomic mass is 32.2. The highest BCUT2D eigenvalue weighted by molar-refractivity contribution is 7.97. The van der Waals surface area contributed by atoms with Crippen molar-refractivity contribution in [3.8, 4) is 17.2 Å². The lowest BCUT2D eigenvalue weighted by Crippen LogP contribution is -2.26. The van der Waals surface area contributed by atoms with Crippen LogP contribution in [-0.2, 0) is 35.2 Å². The van der Waals surface area contributed by atoms with Crippen LogP contribution in [0.4, 0.5) is 27.6 Å². The SMILES string of the molecule is CC(C)(C)OC(=O)Oc1cccc([S+](c2cccc(OC(=O)OC(C)(C)C)c2)c2cccc(OC(=O)OC(C)(C)C)c2)c1.O=S(=O)([O-])CC(F)(F)F. The highest BCUT2D eigenvalue weighted by Gasteiger charge is 2.32. The molecule has 0 N–H and O–H groups in total. The van der Waals surface area contributed by atoms with Crippen LogP contribution in [0.5, 0.6) is 17.2 Å². The fourth-order valence-electron chi connectivity index (χ4n) is 3.70. The van der Waals surface area contributed by atoms with Gasteiger partial charge in [-0.2, -0.15) is 13.2 Å². The molecule has 0 unspecified atom stereocenters. The lowest BCUT2D eigenvalue weighted by molar-refractivity contribution is -0.107. The summed E-state index contributed by atoms with van der Waals surface area (Å²) in [5, 5.41) is 0. The van der Waals surface area contributed by atoms with Gasteiger partial charge in [0.05, 0.1) is 10.9 Å². The van der Waals surface area contributed by atoms with Crippen LogP contribution in [0.15, 0.2) is 87.5 Å². The van der Waals surface area contributed by atoms with Gasteiger partial charge in [0.2, 0.25) is 0 Å². The van der Waals surface area contributed by atoms with E-state index in [1.54, 1.807) is 117 Å². The van der Waals surface area contributed by atoms with Gasteiger partial charge in [-0.15, -0.1) is 0 Å². The number of hydrogen-bond acceptors (Lipinski definition) is 12. The summed E-state index contributed by atoms with van der Waals surface area (Å²) in [4.78, 5) is 39.4. The van der Waals surface area contributed by atoms with Crippen LogP contribution in [0, 0.1) is 0 Å². The number of halogens is 3. The first-order valence-electron chi connectivity index (χ1n) is 15.3. The smallest absolute Gasteiger partial charge is 0.514 e. The quantitative estimate of drug-likeness (QED) is 0.0738. The Bertz CT molecular complexity index is 1630. The number of carbonyl (C=O) groups excluding carboxylic acids is 3. The van der Waals surface area contributed by atoms with Gasteiger partial charge < -0.3 is 33.0 Å². The topological polar surface area (TPSA) is 164 Å². The number of carbonyl (C=O) groups is 3. The first-order chi connectivity index (χ1) is 23.6. The number of hydrogen-bond donors (Lipinski definition) is 0. The molecule has 0 saturated carbocycles. The van der Waals surface area contributed by atoms with Crippen molar-refractivity contribution in [3.63, 3.8) is 0 Å². The molecule has 3 aromatic rings. The van der Waals surface area contributed by atoms with Crippen LogP contribution in [0.1, 0.15) is 62.3 Å². The Hall–Kier alpha value is -4.48. The number of benzene rings is 3. The van der Waals surface area contributed by atoms with E-state index >= 15 is 0 Å². The van der Waals surface area contributed by atoms with Crippen molar-refractivity contribution in [1.29, 1.82) is 0 Å². The molecule has 3 rings (SSSR count). The first kappa shape index (κ1) is 43.7. The summed E-state index contributed by atoms with van der Waals surface area (Å²) in [6.45, 7) is 15.8. The average molecular weight is 775 g/mol. The molecule has 3 aromatic carbocycles. The van der Waals surface area contributed by atoms with Gasteiger partial charge in [0.15, 0.2) is 14.7 Å². The van der Waals surface area contributed by atoms with E-state index in [1.807, 2.05) is 18.2 Å². The molecule has 286 valence electrons. The van der Waals surface area contributed by atoms with E-state index in [0.717, 1.165) is 14.7 Å². The Kier molecular flexibility index (Phi) is 14.6. The van der Waals surface area contributed by atoms with Crippen molar-refractivity contribution in [3.05, 3.63) is 72.8 Å². The van der Waals surface area contributed by atoms with E-state index in [2.05, 4.69) is 0 Å². The molecule has 0 bridgehead atoms. The minimum Gasteiger partial charge on any atom is -0.748 e. The largest absolute Gasteiger partial charge is 0.748 e. The van der Waals surface area contributed by atoms with Gasteiger partial charge in [-0.25, -0.2) is 22.8 Å². The normalized spacial score (nSPS) is 12.2. The van der Waals surface area contributed by atoms with Crippen molar-refractivity contribution in [1.82, 2.24) is 0 Å². The fraction of sp³-hybridized carbons (Fsp3) is 0.400. The molecule has 0 aliphatic heterocycles. The zero-order valence-electron chi connectivity index (χ0n) is 30.0. The van der Waals surface area contributed by atoms with Crippen LogP contribution in [0.3, 0.4) is 0 Å². The van der Waals surface area contributed by atoms with Crippen LogP contribution < -0.4 is 14.2 Å². The molecule has 0 amide bonds. The summed E-state index contributed by atoms with van der Waals surface area (Å²) in [6, 6.07) is 21.1. The van der Waals surface area contributed by atoms with E-state index < -0.39 is 68.2 Å². The fourth-order valence-corrected chi connectivity index (χ4v) is 6.27. The van der Waals surface area contributed by atoms with Gasteiger partial charge in [-0.05, 0) is 98.7 Å². The van der Waals surface area contributed by atoms with Crippen molar-refractivity contribution in [2.24, 2.45) is 0 Å². The third-order valence-electron chi connectivity index (χ3n) is 5.24. The Morgan fingerprint density at radius 3 is 1.04 bits per heavy atom. The molecule has 0 radical (unpaired) electrons. The van der Waals surface area contributed by atoms with Gasteiger partial charge in [0.1, 0.15) is 49.9 Å². The maximum absolute atomic E-state index is 12.4. The third kappa shape index (κ3) is 18.1. The van der Waals surface area contributed by atoms with Crippen molar-refractivity contribution in [2.45, 2.75) is 100.0 Å². The van der Waals surface area contributed by atoms with E-state index in [-0.39, 0.29) is 17.2 Å². The molecule has 52 heavy (non-hydrogen) atoms. The lowest BCUT2D eigenvalue weighted by atomic mass is 10.2. The Balaban J connectivity index is 0.000000916. The molecular weight excluding hydrogens is 734 g/mol. The van der Waals surface area contributed by atoms with Crippen molar-refractivity contribution >= 4 is 39.5 Å². The second kappa shape index (κ2) is 17.4. The number of alkyl halides is 3. The Labute approximate surface area is 303 Å². The lowest BCUT2D eigenvalue weighted by Gasteiger charge is -2.19. The van der Waals surface area contributed by atoms with Crippen molar-refractivity contribution < 1.29 is 68.9 Å². The Morgan fingerprint density at radius 2 is 0.846 bits per heavy atom. The van der Waals surface area contributed by atoms with E-state index in [4.69, 9.17) is 28.4 Å². The van der Waals surface area contributed by atoms with Crippen molar-refractivity contribution in [2.75, 3.05) is 5.75 Å². The van der Waals surface area contributed by atoms with E-state index in [9.17, 15) is 40.5 Å². The molecule has 0 fully saturated rings. The first-order valence-corrected chi connectivity index (χ1v) is 18.1. The zero-order chi connectivity index (χ0) is 39.7. The van der Waals surface area contributed by atoms with Crippen LogP contribution in [0.2, 0.25) is 0 Å². The third-order valence-corrected chi connectivity index (χ3v) is 8.09. The molecule has 0 aromatic heterocycles. The maximum atomic E-state index is 12.4.